The number of benzene rings is 1. The number of amides is 1. The summed E-state index contributed by atoms with van der Waals surface area (Å²) in [5.41, 5.74) is 0.361. The molecule has 1 aromatic rings. The maximum Gasteiger partial charge on any atom is 0.303 e. The van der Waals surface area contributed by atoms with Gasteiger partial charge in [0.25, 0.3) is 5.91 Å². The van der Waals surface area contributed by atoms with Crippen molar-refractivity contribution >= 4 is 33.5 Å². The summed E-state index contributed by atoms with van der Waals surface area (Å²) in [6, 6.07) is 2.54. The van der Waals surface area contributed by atoms with E-state index >= 15 is 0 Å². The van der Waals surface area contributed by atoms with Crippen molar-refractivity contribution in [1.82, 2.24) is 0 Å². The molecular formula is C11H9BrFNO4. The zero-order valence-electron chi connectivity index (χ0n) is 9.07. The molecule has 1 aliphatic rings. The second-order valence-electron chi connectivity index (χ2n) is 3.79. The molecule has 0 saturated carbocycles. The number of rotatable bonds is 3. The Balaban J connectivity index is 2.19. The van der Waals surface area contributed by atoms with Crippen molar-refractivity contribution in [2.24, 2.45) is 0 Å². The molecule has 1 aliphatic heterocycles. The number of ether oxygens (including phenoxy) is 1. The van der Waals surface area contributed by atoms with Crippen LogP contribution in [0.1, 0.15) is 12.8 Å². The third-order valence-corrected chi connectivity index (χ3v) is 3.07. The SMILES string of the molecule is O=C(O)CC[C@H]1Oc2cc(F)c(Br)cc2NC1=O. The molecule has 0 unspecified atom stereocenters. The largest absolute Gasteiger partial charge is 0.481 e. The van der Waals surface area contributed by atoms with Crippen LogP contribution >= 0.6 is 15.9 Å². The number of carbonyl (C=O) groups is 2. The Morgan fingerprint density at radius 1 is 1.56 bits per heavy atom. The number of carbonyl (C=O) groups excluding carboxylic acids is 1. The Labute approximate surface area is 110 Å². The van der Waals surface area contributed by atoms with Crippen LogP contribution in [0.4, 0.5) is 10.1 Å². The zero-order valence-corrected chi connectivity index (χ0v) is 10.7. The maximum absolute atomic E-state index is 13.3. The van der Waals surface area contributed by atoms with Crippen molar-refractivity contribution < 1.29 is 23.8 Å². The molecule has 1 amide bonds. The molecule has 5 nitrogen and oxygen atoms in total. The molecule has 7 heteroatoms. The van der Waals surface area contributed by atoms with E-state index in [0.717, 1.165) is 6.07 Å². The molecule has 0 bridgehead atoms. The molecule has 1 atom stereocenters. The van der Waals surface area contributed by atoms with E-state index in [9.17, 15) is 14.0 Å². The van der Waals surface area contributed by atoms with Gasteiger partial charge in [0.2, 0.25) is 0 Å². The minimum atomic E-state index is -1.01. The van der Waals surface area contributed by atoms with Gasteiger partial charge in [0.1, 0.15) is 11.6 Å². The second kappa shape index (κ2) is 4.93. The number of hydrogen-bond acceptors (Lipinski definition) is 3. The number of carboxylic acid groups (broad SMARTS) is 1. The smallest absolute Gasteiger partial charge is 0.303 e. The molecule has 1 heterocycles. The fraction of sp³-hybridized carbons (Fsp3) is 0.273. The summed E-state index contributed by atoms with van der Waals surface area (Å²) in [4.78, 5) is 22.1. The predicted molar refractivity (Wildman–Crippen MR) is 64.0 cm³/mol. The number of fused-ring (bicyclic) bond motifs is 1. The van der Waals surface area contributed by atoms with E-state index in [-0.39, 0.29) is 23.1 Å². The number of halogens is 2. The average Bonchev–Trinajstić information content (AvgIpc) is 2.29. The fourth-order valence-electron chi connectivity index (χ4n) is 1.59. The van der Waals surface area contributed by atoms with Gasteiger partial charge in [0.05, 0.1) is 10.2 Å². The minimum Gasteiger partial charge on any atom is -0.481 e. The molecule has 96 valence electrons. The summed E-state index contributed by atoms with van der Waals surface area (Å²) in [5, 5.41) is 11.1. The molecule has 2 N–H and O–H groups in total. The Morgan fingerprint density at radius 2 is 2.28 bits per heavy atom. The van der Waals surface area contributed by atoms with E-state index in [1.807, 2.05) is 0 Å². The molecule has 2 rings (SSSR count). The normalized spacial score (nSPS) is 17.7. The predicted octanol–water partition coefficient (Wildman–Crippen LogP) is 2.15. The molecule has 0 aromatic heterocycles. The van der Waals surface area contributed by atoms with Crippen LogP contribution in [0, 0.1) is 5.82 Å². The second-order valence-corrected chi connectivity index (χ2v) is 4.64. The highest BCUT2D eigenvalue weighted by atomic mass is 79.9. The summed E-state index contributed by atoms with van der Waals surface area (Å²) in [6.45, 7) is 0. The van der Waals surface area contributed by atoms with Crippen LogP contribution in [-0.4, -0.2) is 23.1 Å². The summed E-state index contributed by atoms with van der Waals surface area (Å²) < 4.78 is 18.8. The molecule has 0 spiro atoms. The van der Waals surface area contributed by atoms with Gasteiger partial charge in [-0.3, -0.25) is 9.59 Å². The van der Waals surface area contributed by atoms with Gasteiger partial charge in [-0.2, -0.15) is 0 Å². The van der Waals surface area contributed by atoms with E-state index in [1.54, 1.807) is 0 Å². The lowest BCUT2D eigenvalue weighted by Crippen LogP contribution is -2.37. The van der Waals surface area contributed by atoms with Crippen LogP contribution in [0.25, 0.3) is 0 Å². The van der Waals surface area contributed by atoms with Gasteiger partial charge < -0.3 is 15.2 Å². The van der Waals surface area contributed by atoms with Crippen LogP contribution < -0.4 is 10.1 Å². The number of hydrogen-bond donors (Lipinski definition) is 2. The molecule has 0 fully saturated rings. The first-order valence-corrected chi connectivity index (χ1v) is 5.95. The van der Waals surface area contributed by atoms with Crippen LogP contribution in [-0.2, 0) is 9.59 Å². The lowest BCUT2D eigenvalue weighted by Gasteiger charge is -2.25. The first-order valence-electron chi connectivity index (χ1n) is 5.15. The number of nitrogens with one attached hydrogen (secondary N) is 1. The van der Waals surface area contributed by atoms with Gasteiger partial charge in [-0.1, -0.05) is 0 Å². The van der Waals surface area contributed by atoms with E-state index in [0.29, 0.717) is 5.69 Å². The molecule has 1 aromatic carbocycles. The first kappa shape index (κ1) is 12.8. The Kier molecular flexibility index (Phi) is 3.51. The Morgan fingerprint density at radius 3 is 2.94 bits per heavy atom. The van der Waals surface area contributed by atoms with Gasteiger partial charge in [-0.05, 0) is 22.0 Å². The van der Waals surface area contributed by atoms with Crippen molar-refractivity contribution in [3.63, 3.8) is 0 Å². The van der Waals surface area contributed by atoms with Gasteiger partial charge in [0.15, 0.2) is 6.10 Å². The van der Waals surface area contributed by atoms with Crippen molar-refractivity contribution in [2.75, 3.05) is 5.32 Å². The average molecular weight is 318 g/mol. The maximum atomic E-state index is 13.3. The summed E-state index contributed by atoms with van der Waals surface area (Å²) >= 11 is 3.00. The van der Waals surface area contributed by atoms with E-state index in [2.05, 4.69) is 21.2 Å². The Bertz CT molecular complexity index is 520. The molecular weight excluding hydrogens is 309 g/mol. The highest BCUT2D eigenvalue weighted by molar-refractivity contribution is 9.10. The summed E-state index contributed by atoms with van der Waals surface area (Å²) in [6.07, 6.45) is -1.06. The first-order chi connectivity index (χ1) is 8.47. The lowest BCUT2D eigenvalue weighted by atomic mass is 10.1. The molecule has 0 aliphatic carbocycles. The van der Waals surface area contributed by atoms with Gasteiger partial charge in [0, 0.05) is 18.9 Å². The summed E-state index contributed by atoms with van der Waals surface area (Å²) in [7, 11) is 0. The molecule has 0 radical (unpaired) electrons. The summed E-state index contributed by atoms with van der Waals surface area (Å²) in [5.74, 6) is -1.76. The number of carboxylic acids is 1. The van der Waals surface area contributed by atoms with Gasteiger partial charge in [-0.15, -0.1) is 0 Å². The minimum absolute atomic E-state index is 0.0400. The highest BCUT2D eigenvalue weighted by Gasteiger charge is 2.28. The number of aliphatic carboxylic acids is 1. The third-order valence-electron chi connectivity index (χ3n) is 2.46. The van der Waals surface area contributed by atoms with Gasteiger partial charge >= 0.3 is 5.97 Å². The van der Waals surface area contributed by atoms with Gasteiger partial charge in [-0.25, -0.2) is 4.39 Å². The lowest BCUT2D eigenvalue weighted by molar-refractivity contribution is -0.137. The highest BCUT2D eigenvalue weighted by Crippen LogP contribution is 2.34. The molecule has 0 saturated heterocycles. The van der Waals surface area contributed by atoms with Crippen molar-refractivity contribution in [2.45, 2.75) is 18.9 Å². The number of anilines is 1. The van der Waals surface area contributed by atoms with Crippen LogP contribution in [0.15, 0.2) is 16.6 Å². The van der Waals surface area contributed by atoms with Crippen molar-refractivity contribution in [3.8, 4) is 5.75 Å². The van der Waals surface area contributed by atoms with Crippen LogP contribution in [0.5, 0.6) is 5.75 Å². The molecule has 18 heavy (non-hydrogen) atoms. The zero-order chi connectivity index (χ0) is 13.3. The quantitative estimate of drug-likeness (QED) is 0.895. The third kappa shape index (κ3) is 2.61. The van der Waals surface area contributed by atoms with Crippen LogP contribution in [0.2, 0.25) is 0 Å². The van der Waals surface area contributed by atoms with Crippen molar-refractivity contribution in [1.29, 1.82) is 0 Å². The van der Waals surface area contributed by atoms with E-state index in [4.69, 9.17) is 9.84 Å². The fourth-order valence-corrected chi connectivity index (χ4v) is 1.93. The van der Waals surface area contributed by atoms with Crippen LogP contribution in [0.3, 0.4) is 0 Å². The standard InChI is InChI=1S/C11H9BrFNO4/c12-5-3-7-9(4-6(5)13)18-8(11(17)14-7)1-2-10(15)16/h3-4,8H,1-2H2,(H,14,17)(H,15,16)/t8-/m1/s1. The topological polar surface area (TPSA) is 75.6 Å². The van der Waals surface area contributed by atoms with E-state index < -0.39 is 23.8 Å². The Hall–Kier alpha value is -1.63. The monoisotopic (exact) mass is 317 g/mol. The van der Waals surface area contributed by atoms with Crippen molar-refractivity contribution in [3.05, 3.63) is 22.4 Å². The van der Waals surface area contributed by atoms with E-state index in [1.165, 1.54) is 6.07 Å².